The maximum absolute atomic E-state index is 14.7. The fourth-order valence-electron chi connectivity index (χ4n) is 10.6. The largest absolute Gasteiger partial charge is 1.00 e. The van der Waals surface area contributed by atoms with Gasteiger partial charge in [-0.25, -0.2) is 0 Å². The number of rotatable bonds is 18. The third-order valence-electron chi connectivity index (χ3n) is 15.4. The van der Waals surface area contributed by atoms with Crippen LogP contribution in [0.4, 0.5) is 0 Å². The van der Waals surface area contributed by atoms with E-state index in [1.807, 2.05) is 55.5 Å². The van der Waals surface area contributed by atoms with Crippen LogP contribution in [0, 0.1) is 5.92 Å². The van der Waals surface area contributed by atoms with Crippen LogP contribution < -0.4 is 76.1 Å². The number of hydrogen-bond donors (Lipinski definition) is 14. The first-order valence-electron chi connectivity index (χ1n) is 28.4. The fraction of sp³-hybridized carbons (Fsp3) is 0.414. The third-order valence-corrected chi connectivity index (χ3v) is 16.8. The molecule has 4 aromatic carbocycles. The Morgan fingerprint density at radius 2 is 1.35 bits per heavy atom. The van der Waals surface area contributed by atoms with Gasteiger partial charge in [0.15, 0.2) is 11.5 Å². The fourth-order valence-corrected chi connectivity index (χ4v) is 11.7. The molecular weight excluding hydrogens is 1260 g/mol. The van der Waals surface area contributed by atoms with Crippen LogP contribution in [0.5, 0.6) is 17.2 Å². The number of carbonyl (C=O) groups excluding carboxylic acids is 8. The molecule has 3 aliphatic heterocycles. The Bertz CT molecular complexity index is 3430. The van der Waals surface area contributed by atoms with Gasteiger partial charge in [-0.05, 0) is 66.9 Å². The topological polar surface area (TPSA) is 477 Å². The van der Waals surface area contributed by atoms with Crippen molar-refractivity contribution in [3.63, 3.8) is 0 Å². The number of benzene rings is 4. The smallest absolute Gasteiger partial charge is 0.691 e. The molecular formula is C58H67N10NaO21S2. The summed E-state index contributed by atoms with van der Waals surface area (Å²) in [5.41, 5.74) is 8.31. The van der Waals surface area contributed by atoms with Gasteiger partial charge in [-0.15, -0.1) is 14.5 Å². The van der Waals surface area contributed by atoms with Crippen molar-refractivity contribution >= 4 is 70.9 Å². The molecule has 488 valence electrons. The van der Waals surface area contributed by atoms with Crippen molar-refractivity contribution in [1.29, 1.82) is 0 Å². The number of β-amino-alcohol motifs (C(OH)–C–C–N with tert-alkyl or cyclic N) is 1. The zero-order chi connectivity index (χ0) is 66.0. The summed E-state index contributed by atoms with van der Waals surface area (Å²) >= 11 is 1.19. The summed E-state index contributed by atoms with van der Waals surface area (Å²) in [6.07, 6.45) is -16.2. The van der Waals surface area contributed by atoms with E-state index in [0.29, 0.717) is 22.2 Å². The number of aliphatic hydroxyl groups excluding tert-OH is 7. The van der Waals surface area contributed by atoms with Gasteiger partial charge in [-0.2, -0.15) is 0 Å². The molecule has 0 saturated carbocycles. The average Bonchev–Trinajstić information content (AvgIpc) is 1.61. The Balaban J connectivity index is 0.0000120. The monoisotopic (exact) mass is 1330 g/mol. The summed E-state index contributed by atoms with van der Waals surface area (Å²) in [6.45, 7) is 3.12. The van der Waals surface area contributed by atoms with Gasteiger partial charge in [0.1, 0.15) is 64.2 Å². The second-order valence-corrected chi connectivity index (χ2v) is 23.3. The Morgan fingerprint density at radius 1 is 0.761 bits per heavy atom. The van der Waals surface area contributed by atoms with Crippen LogP contribution in [-0.2, 0) is 42.9 Å². The molecule has 31 nitrogen and oxygen atoms in total. The van der Waals surface area contributed by atoms with Crippen LogP contribution in [0.15, 0.2) is 91.0 Å². The van der Waals surface area contributed by atoms with Gasteiger partial charge in [-0.1, -0.05) is 72.9 Å². The molecule has 4 heterocycles. The number of aliphatic hydroxyl groups is 7. The molecule has 15 N–H and O–H groups in total. The number of nitrogens with one attached hydrogen (secondary N) is 5. The van der Waals surface area contributed by atoms with Gasteiger partial charge >= 0.3 is 29.6 Å². The maximum Gasteiger partial charge on any atom is 1.00 e. The first kappa shape index (κ1) is 72.0. The van der Waals surface area contributed by atoms with Gasteiger partial charge in [0.25, 0.3) is 18.2 Å². The first-order chi connectivity index (χ1) is 43.4. The number of aromatic nitrogens is 2. The van der Waals surface area contributed by atoms with E-state index in [1.54, 1.807) is 12.1 Å². The second kappa shape index (κ2) is 32.4. The predicted octanol–water partition coefficient (Wildman–Crippen LogP) is -5.87. The summed E-state index contributed by atoms with van der Waals surface area (Å²) in [5.74, 6) is -11.3. The molecule has 92 heavy (non-hydrogen) atoms. The Morgan fingerprint density at radius 3 is 1.96 bits per heavy atom. The van der Waals surface area contributed by atoms with E-state index in [1.165, 1.54) is 30.4 Å². The van der Waals surface area contributed by atoms with Crippen LogP contribution in [0.1, 0.15) is 62.1 Å². The van der Waals surface area contributed by atoms with Crippen LogP contribution in [0.25, 0.3) is 32.3 Å². The molecule has 34 heteroatoms. The molecule has 0 radical (unpaired) electrons. The number of amides is 8. The van der Waals surface area contributed by atoms with Gasteiger partial charge in [-0.3, -0.25) is 43.4 Å². The SMILES string of the molecule is CCOc1ccc(-c2ccc(-c3nnc(-c4ccc(C(=O)N[C@H]5CC(O)CNC(=O)C6C(O)C(C)CN6C(=O)C(C(O)CC(N)=O)NC(=O)C(C(O)C(O)c6ccc(O)c(OSOO[O-])c6)NC(=O)C6CC(O)CN6C(=O)C(C(C)O)NC5=O)cc4)s3)cc2)cc1.[Na+]. The minimum atomic E-state index is -2.54. The molecule has 3 saturated heterocycles. The minimum absolute atomic E-state index is 0. The van der Waals surface area contributed by atoms with Crippen LogP contribution >= 0.6 is 23.7 Å². The Kier molecular flexibility index (Phi) is 25.4. The van der Waals surface area contributed by atoms with Gasteiger partial charge in [0, 0.05) is 55.1 Å². The molecule has 8 rings (SSSR count). The van der Waals surface area contributed by atoms with Crippen LogP contribution in [0.3, 0.4) is 0 Å². The van der Waals surface area contributed by atoms with E-state index in [9.17, 15) is 84.5 Å². The predicted molar refractivity (Wildman–Crippen MR) is 316 cm³/mol. The zero-order valence-electron chi connectivity index (χ0n) is 49.8. The number of hydrogen-bond acceptors (Lipinski definition) is 25. The molecule has 13 unspecified atom stereocenters. The number of fused-ring (bicyclic) bond motifs is 2. The minimum Gasteiger partial charge on any atom is -0.691 e. The second-order valence-electron chi connectivity index (χ2n) is 21.9. The number of nitrogens with two attached hydrogens (primary N) is 1. The summed E-state index contributed by atoms with van der Waals surface area (Å²) in [5, 5.41) is 125. The molecule has 1 aromatic heterocycles. The number of nitrogens with zero attached hydrogens (tertiary/aromatic N) is 4. The van der Waals surface area contributed by atoms with E-state index < -0.39 is 183 Å². The maximum atomic E-state index is 14.7. The van der Waals surface area contributed by atoms with E-state index in [-0.39, 0.29) is 53.0 Å². The van der Waals surface area contributed by atoms with E-state index in [0.717, 1.165) is 57.4 Å². The number of primary amides is 1. The Hall–Kier alpha value is -7.45. The quantitative estimate of drug-likeness (QED) is 0.0128. The van der Waals surface area contributed by atoms with Crippen molar-refractivity contribution < 1.29 is 132 Å². The molecule has 0 aliphatic carbocycles. The molecule has 5 aromatic rings. The van der Waals surface area contributed by atoms with Crippen LogP contribution in [-0.4, -0.2) is 207 Å². The number of carbonyl (C=O) groups is 8. The van der Waals surface area contributed by atoms with Crippen molar-refractivity contribution in [3.05, 3.63) is 102 Å². The molecule has 3 aliphatic rings. The van der Waals surface area contributed by atoms with Crippen molar-refractivity contribution in [2.75, 3.05) is 26.2 Å². The summed E-state index contributed by atoms with van der Waals surface area (Å²) in [4.78, 5) is 115. The van der Waals surface area contributed by atoms with Gasteiger partial charge in [0.05, 0.1) is 43.5 Å². The number of phenols is 1. The molecule has 3 fully saturated rings. The standard InChI is InChI=1S/C58H68N10O21S2.Na/c1-4-86-36-16-13-29(14-17-36)28-5-9-31(10-6-28)55-65-66-56(90-55)32-11-7-30(8-12-32)50(78)61-37-20-34(70)23-60-54(82)46-47(75)26(2)24-68(46)58(84)44(40(73)22-42(59)74)63-53(81)45(49(77)48(76)33-15-18-39(72)41(19-33)87-91-89-88-85)64-52(80)38-21-35(71)25-67(38)57(83)43(27(3)69)62-51(37)79;/h5-19,26-27,34-35,37-38,40,43-49,69-73,75-77,85H,4,20-25H2,1-3H3,(H2,59,74)(H,60,82)(H,61,78)(H,62,79)(H,63,81)(H,64,80);/q;+1/p-1/t26?,27?,34?,35?,37-,38?,40?,43?,44?,45?,46?,47?,48?,49?;/m0./s1. The molecule has 0 spiro atoms. The van der Waals surface area contributed by atoms with Crippen molar-refractivity contribution in [2.45, 2.75) is 119 Å². The number of ether oxygens (including phenoxy) is 1. The van der Waals surface area contributed by atoms with Crippen LogP contribution in [0.2, 0.25) is 0 Å². The van der Waals surface area contributed by atoms with Gasteiger partial charge < -0.3 is 97.1 Å². The van der Waals surface area contributed by atoms with Crippen molar-refractivity contribution in [3.8, 4) is 49.5 Å². The summed E-state index contributed by atoms with van der Waals surface area (Å²) in [7, 11) is 0. The van der Waals surface area contributed by atoms with E-state index in [2.05, 4.69) is 46.2 Å². The van der Waals surface area contributed by atoms with E-state index >= 15 is 0 Å². The molecule has 0 bridgehead atoms. The van der Waals surface area contributed by atoms with E-state index in [4.69, 9.17) is 14.7 Å². The molecule has 8 amide bonds. The number of phenolic OH excluding ortho intramolecular Hbond substituents is 1. The number of aromatic hydroxyl groups is 1. The zero-order valence-corrected chi connectivity index (χ0v) is 53.4. The third kappa shape index (κ3) is 17.4. The molecule has 14 atom stereocenters. The normalized spacial score (nSPS) is 24.8. The van der Waals surface area contributed by atoms with Crippen molar-refractivity contribution in [2.24, 2.45) is 11.7 Å². The van der Waals surface area contributed by atoms with Crippen molar-refractivity contribution in [1.82, 2.24) is 46.6 Å². The first-order valence-corrected chi connectivity index (χ1v) is 29.9. The van der Waals surface area contributed by atoms with Gasteiger partial charge in [0.2, 0.25) is 41.4 Å². The average molecular weight is 1330 g/mol. The summed E-state index contributed by atoms with van der Waals surface area (Å²) < 4.78 is 14.6. The summed E-state index contributed by atoms with van der Waals surface area (Å²) in [6, 6.07) is 11.9. The Labute approximate surface area is 555 Å².